The maximum Gasteiger partial charge on any atom is 0.340 e. The van der Waals surface area contributed by atoms with Gasteiger partial charge in [-0.1, -0.05) is 12.8 Å². The number of hydrogen-bond donors (Lipinski definition) is 1. The van der Waals surface area contributed by atoms with Gasteiger partial charge in [-0.05, 0) is 31.0 Å². The molecule has 1 aliphatic rings. The molecule has 18 heavy (non-hydrogen) atoms. The van der Waals surface area contributed by atoms with Gasteiger partial charge in [0.1, 0.15) is 0 Å². The van der Waals surface area contributed by atoms with Crippen LogP contribution in [0.5, 0.6) is 0 Å². The first-order valence-corrected chi connectivity index (χ1v) is 6.45. The quantitative estimate of drug-likeness (QED) is 0.645. The number of ether oxygens (including phenoxy) is 1. The molecule has 0 radical (unpaired) electrons. The van der Waals surface area contributed by atoms with Crippen molar-refractivity contribution in [3.05, 3.63) is 23.8 Å². The van der Waals surface area contributed by atoms with Crippen molar-refractivity contribution in [1.82, 2.24) is 0 Å². The Hall–Kier alpha value is -1.71. The van der Waals surface area contributed by atoms with Crippen molar-refractivity contribution in [3.8, 4) is 0 Å². The maximum absolute atomic E-state index is 11.8. The zero-order valence-electron chi connectivity index (χ0n) is 10.8. The molecule has 0 amide bonds. The van der Waals surface area contributed by atoms with Crippen molar-refractivity contribution < 1.29 is 9.53 Å². The smallest absolute Gasteiger partial charge is 0.340 e. The van der Waals surface area contributed by atoms with Crippen LogP contribution in [0.25, 0.3) is 0 Å². The van der Waals surface area contributed by atoms with Crippen molar-refractivity contribution in [2.45, 2.75) is 25.7 Å². The van der Waals surface area contributed by atoms with Crippen molar-refractivity contribution in [3.63, 3.8) is 0 Å². The topological polar surface area (TPSA) is 55.6 Å². The molecule has 0 aliphatic carbocycles. The van der Waals surface area contributed by atoms with Crippen LogP contribution in [0.4, 0.5) is 11.4 Å². The van der Waals surface area contributed by atoms with E-state index in [1.54, 1.807) is 6.07 Å². The summed E-state index contributed by atoms with van der Waals surface area (Å²) in [6.07, 6.45) is 4.87. The van der Waals surface area contributed by atoms with Gasteiger partial charge in [0.25, 0.3) is 0 Å². The predicted molar refractivity (Wildman–Crippen MR) is 72.9 cm³/mol. The number of nitrogen functional groups attached to an aromatic ring is 1. The summed E-state index contributed by atoms with van der Waals surface area (Å²) in [7, 11) is 1.40. The monoisotopic (exact) mass is 248 g/mol. The van der Waals surface area contributed by atoms with Gasteiger partial charge in [-0.15, -0.1) is 0 Å². The van der Waals surface area contributed by atoms with E-state index in [-0.39, 0.29) is 5.97 Å². The molecule has 1 aromatic carbocycles. The molecule has 1 saturated heterocycles. The number of esters is 1. The summed E-state index contributed by atoms with van der Waals surface area (Å²) in [5, 5.41) is 0. The number of nitrogens with zero attached hydrogens (tertiary/aromatic N) is 1. The molecule has 4 nitrogen and oxygen atoms in total. The standard InChI is InChI=1S/C14H20N2O2/c1-18-14(17)12-10-11(15)6-7-13(12)16-8-4-2-3-5-9-16/h6-7,10H,2-5,8-9,15H2,1H3. The fraction of sp³-hybridized carbons (Fsp3) is 0.500. The lowest BCUT2D eigenvalue weighted by Crippen LogP contribution is -2.26. The molecular formula is C14H20N2O2. The highest BCUT2D eigenvalue weighted by Crippen LogP contribution is 2.26. The molecule has 1 aliphatic heterocycles. The van der Waals surface area contributed by atoms with E-state index in [9.17, 15) is 4.79 Å². The average molecular weight is 248 g/mol. The molecule has 2 N–H and O–H groups in total. The van der Waals surface area contributed by atoms with E-state index < -0.39 is 0 Å². The molecule has 0 spiro atoms. The SMILES string of the molecule is COC(=O)c1cc(N)ccc1N1CCCCCC1. The number of rotatable bonds is 2. The van der Waals surface area contributed by atoms with Crippen LogP contribution in [-0.4, -0.2) is 26.2 Å². The van der Waals surface area contributed by atoms with Crippen molar-refractivity contribution in [2.24, 2.45) is 0 Å². The van der Waals surface area contributed by atoms with Gasteiger partial charge in [0.15, 0.2) is 0 Å². The fourth-order valence-corrected chi connectivity index (χ4v) is 2.41. The largest absolute Gasteiger partial charge is 0.465 e. The molecule has 1 aromatic rings. The Labute approximate surface area is 108 Å². The first-order chi connectivity index (χ1) is 8.72. The number of carbonyl (C=O) groups is 1. The number of nitrogens with two attached hydrogens (primary N) is 1. The minimum atomic E-state index is -0.318. The molecule has 98 valence electrons. The highest BCUT2D eigenvalue weighted by atomic mass is 16.5. The normalized spacial score (nSPS) is 16.2. The third-order valence-electron chi connectivity index (χ3n) is 3.37. The maximum atomic E-state index is 11.8. The van der Waals surface area contributed by atoms with Gasteiger partial charge in [0.05, 0.1) is 18.4 Å². The van der Waals surface area contributed by atoms with Gasteiger partial charge in [-0.2, -0.15) is 0 Å². The first-order valence-electron chi connectivity index (χ1n) is 6.45. The van der Waals surface area contributed by atoms with Gasteiger partial charge >= 0.3 is 5.97 Å². The molecule has 1 fully saturated rings. The molecular weight excluding hydrogens is 228 g/mol. The van der Waals surface area contributed by atoms with Crippen LogP contribution >= 0.6 is 0 Å². The van der Waals surface area contributed by atoms with Crippen LogP contribution < -0.4 is 10.6 Å². The van der Waals surface area contributed by atoms with E-state index in [1.807, 2.05) is 12.1 Å². The second-order valence-electron chi connectivity index (χ2n) is 4.67. The van der Waals surface area contributed by atoms with E-state index in [0.29, 0.717) is 11.3 Å². The number of methoxy groups -OCH3 is 1. The second-order valence-corrected chi connectivity index (χ2v) is 4.67. The first kappa shape index (κ1) is 12.7. The average Bonchev–Trinajstić information content (AvgIpc) is 2.66. The molecule has 2 rings (SSSR count). The zero-order chi connectivity index (χ0) is 13.0. The second kappa shape index (κ2) is 5.76. The lowest BCUT2D eigenvalue weighted by atomic mass is 10.1. The van der Waals surface area contributed by atoms with Crippen LogP contribution in [0.3, 0.4) is 0 Å². The van der Waals surface area contributed by atoms with E-state index in [2.05, 4.69) is 4.90 Å². The number of carbonyl (C=O) groups excluding carboxylic acids is 1. The summed E-state index contributed by atoms with van der Waals surface area (Å²) in [5.74, 6) is -0.318. The van der Waals surface area contributed by atoms with Crippen LogP contribution in [0, 0.1) is 0 Å². The van der Waals surface area contributed by atoms with E-state index in [0.717, 1.165) is 18.8 Å². The Morgan fingerprint density at radius 3 is 2.50 bits per heavy atom. The Morgan fingerprint density at radius 1 is 1.22 bits per heavy atom. The molecule has 4 heteroatoms. The van der Waals surface area contributed by atoms with Crippen LogP contribution in [-0.2, 0) is 4.74 Å². The number of hydrogen-bond acceptors (Lipinski definition) is 4. The van der Waals surface area contributed by atoms with Crippen molar-refractivity contribution in [2.75, 3.05) is 30.8 Å². The molecule has 0 atom stereocenters. The highest BCUT2D eigenvalue weighted by molar-refractivity contribution is 5.97. The van der Waals surface area contributed by atoms with Gasteiger partial charge in [-0.3, -0.25) is 0 Å². The molecule has 0 saturated carbocycles. The van der Waals surface area contributed by atoms with E-state index in [1.165, 1.54) is 32.8 Å². The summed E-state index contributed by atoms with van der Waals surface area (Å²) in [4.78, 5) is 14.1. The van der Waals surface area contributed by atoms with E-state index in [4.69, 9.17) is 10.5 Å². The van der Waals surface area contributed by atoms with Crippen molar-refractivity contribution >= 4 is 17.3 Å². The lowest BCUT2D eigenvalue weighted by Gasteiger charge is -2.24. The van der Waals surface area contributed by atoms with Crippen LogP contribution in [0.2, 0.25) is 0 Å². The number of benzene rings is 1. The third kappa shape index (κ3) is 2.75. The van der Waals surface area contributed by atoms with E-state index >= 15 is 0 Å². The Balaban J connectivity index is 2.32. The third-order valence-corrected chi connectivity index (χ3v) is 3.37. The highest BCUT2D eigenvalue weighted by Gasteiger charge is 2.18. The van der Waals surface area contributed by atoms with Gasteiger partial charge < -0.3 is 15.4 Å². The van der Waals surface area contributed by atoms with Gasteiger partial charge in [0, 0.05) is 18.8 Å². The van der Waals surface area contributed by atoms with Gasteiger partial charge in [0.2, 0.25) is 0 Å². The molecule has 0 aromatic heterocycles. The molecule has 0 bridgehead atoms. The molecule has 0 unspecified atom stereocenters. The summed E-state index contributed by atoms with van der Waals surface area (Å²) < 4.78 is 4.83. The summed E-state index contributed by atoms with van der Waals surface area (Å²) in [6, 6.07) is 5.46. The Bertz CT molecular complexity index is 424. The number of anilines is 2. The zero-order valence-corrected chi connectivity index (χ0v) is 10.8. The summed E-state index contributed by atoms with van der Waals surface area (Å²) >= 11 is 0. The summed E-state index contributed by atoms with van der Waals surface area (Å²) in [6.45, 7) is 1.99. The van der Waals surface area contributed by atoms with Crippen LogP contribution in [0.1, 0.15) is 36.0 Å². The summed E-state index contributed by atoms with van der Waals surface area (Å²) in [5.41, 5.74) is 7.86. The van der Waals surface area contributed by atoms with Crippen molar-refractivity contribution in [1.29, 1.82) is 0 Å². The molecule has 1 heterocycles. The minimum absolute atomic E-state index is 0.318. The van der Waals surface area contributed by atoms with Gasteiger partial charge in [-0.25, -0.2) is 4.79 Å². The Kier molecular flexibility index (Phi) is 4.07. The minimum Gasteiger partial charge on any atom is -0.465 e. The lowest BCUT2D eigenvalue weighted by molar-refractivity contribution is 0.0601. The predicted octanol–water partition coefficient (Wildman–Crippen LogP) is 2.44. The fourth-order valence-electron chi connectivity index (χ4n) is 2.41. The Morgan fingerprint density at radius 2 is 1.89 bits per heavy atom. The van der Waals surface area contributed by atoms with Crippen LogP contribution in [0.15, 0.2) is 18.2 Å².